The molecule has 2 heterocycles. The van der Waals surface area contributed by atoms with Crippen LogP contribution in [-0.2, 0) is 33.5 Å². The van der Waals surface area contributed by atoms with E-state index in [1.165, 1.54) is 0 Å². The lowest BCUT2D eigenvalue weighted by Gasteiger charge is -2.39. The summed E-state index contributed by atoms with van der Waals surface area (Å²) in [6.45, 7) is 9.53. The van der Waals surface area contributed by atoms with Crippen LogP contribution in [0.25, 0.3) is 0 Å². The predicted molar refractivity (Wildman–Crippen MR) is 85.9 cm³/mol. The van der Waals surface area contributed by atoms with Gasteiger partial charge in [0.1, 0.15) is 17.3 Å². The molecule has 0 aromatic heterocycles. The molecule has 144 valence electrons. The summed E-state index contributed by atoms with van der Waals surface area (Å²) in [6, 6.07) is 0. The van der Waals surface area contributed by atoms with Crippen LogP contribution in [0.15, 0.2) is 0 Å². The Morgan fingerprint density at radius 2 is 1.64 bits per heavy atom. The highest BCUT2D eigenvalue weighted by atomic mass is 32.2. The number of rotatable bonds is 1. The quantitative estimate of drug-likeness (QED) is 0.629. The molecule has 0 saturated carbocycles. The van der Waals surface area contributed by atoms with Crippen LogP contribution in [-0.4, -0.2) is 60.8 Å². The molecular formula is C15H25NO8S. The summed E-state index contributed by atoms with van der Waals surface area (Å²) in [5.41, 5.74) is -3.79. The molecule has 1 amide bonds. The van der Waals surface area contributed by atoms with Gasteiger partial charge in [-0.3, -0.25) is 0 Å². The van der Waals surface area contributed by atoms with Crippen LogP contribution in [0.2, 0.25) is 0 Å². The Morgan fingerprint density at radius 1 is 1.08 bits per heavy atom. The summed E-state index contributed by atoms with van der Waals surface area (Å²) in [7, 11) is -4.52. The van der Waals surface area contributed by atoms with Gasteiger partial charge in [-0.2, -0.15) is 12.7 Å². The summed E-state index contributed by atoms with van der Waals surface area (Å²) < 4.78 is 46.2. The summed E-state index contributed by atoms with van der Waals surface area (Å²) in [6.07, 6.45) is -2.17. The Hall–Kier alpha value is -1.39. The number of esters is 1. The molecule has 0 aliphatic carbocycles. The number of carbonyl (C=O) groups excluding carboxylic acids is 2. The Kier molecular flexibility index (Phi) is 4.86. The zero-order chi connectivity index (χ0) is 19.3. The number of hydrogen-bond donors (Lipinski definition) is 0. The van der Waals surface area contributed by atoms with Crippen molar-refractivity contribution in [2.45, 2.75) is 70.8 Å². The van der Waals surface area contributed by atoms with Gasteiger partial charge in [0.2, 0.25) is 5.54 Å². The summed E-state index contributed by atoms with van der Waals surface area (Å²) >= 11 is 0. The molecule has 2 rings (SSSR count). The van der Waals surface area contributed by atoms with Crippen LogP contribution < -0.4 is 0 Å². The van der Waals surface area contributed by atoms with Gasteiger partial charge >= 0.3 is 22.4 Å². The Labute approximate surface area is 147 Å². The molecule has 2 unspecified atom stereocenters. The standard InChI is InChI=1S/C15H25NO8S/c1-13(2,3)22-11(17)15-9-21-8-7-10(15)24-25(19,20)16(15)12(18)23-14(4,5)6/h10H,7-9H2,1-6H3. The van der Waals surface area contributed by atoms with E-state index in [9.17, 15) is 18.0 Å². The molecule has 0 aromatic rings. The zero-order valence-corrected chi connectivity index (χ0v) is 16.1. The van der Waals surface area contributed by atoms with Crippen molar-refractivity contribution in [1.29, 1.82) is 0 Å². The van der Waals surface area contributed by atoms with E-state index in [1.807, 2.05) is 0 Å². The number of carbonyl (C=O) groups is 2. The first-order valence-corrected chi connectivity index (χ1v) is 9.33. The van der Waals surface area contributed by atoms with Crippen molar-refractivity contribution < 1.29 is 36.4 Å². The van der Waals surface area contributed by atoms with Crippen molar-refractivity contribution in [2.75, 3.05) is 13.2 Å². The maximum atomic E-state index is 12.9. The minimum Gasteiger partial charge on any atom is -0.458 e. The third-order valence-electron chi connectivity index (χ3n) is 3.51. The van der Waals surface area contributed by atoms with Gasteiger partial charge in [0.25, 0.3) is 0 Å². The maximum absolute atomic E-state index is 12.9. The van der Waals surface area contributed by atoms with Crippen molar-refractivity contribution in [3.8, 4) is 0 Å². The van der Waals surface area contributed by atoms with Crippen LogP contribution in [0.5, 0.6) is 0 Å². The van der Waals surface area contributed by atoms with E-state index in [0.717, 1.165) is 0 Å². The van der Waals surface area contributed by atoms with Crippen LogP contribution >= 0.6 is 0 Å². The van der Waals surface area contributed by atoms with Gasteiger partial charge in [-0.15, -0.1) is 0 Å². The SMILES string of the molecule is CC(C)(C)OC(=O)N1C2(C(=O)OC(C)(C)C)COCCC2OS1(=O)=O. The van der Waals surface area contributed by atoms with Gasteiger partial charge in [0.15, 0.2) is 0 Å². The highest BCUT2D eigenvalue weighted by Crippen LogP contribution is 2.42. The third-order valence-corrected chi connectivity index (χ3v) is 4.91. The second kappa shape index (κ2) is 6.10. The van der Waals surface area contributed by atoms with Crippen molar-refractivity contribution in [3.63, 3.8) is 0 Å². The van der Waals surface area contributed by atoms with Crippen molar-refractivity contribution >= 4 is 22.4 Å². The molecule has 0 aromatic carbocycles. The lowest BCUT2D eigenvalue weighted by atomic mass is 9.89. The minimum atomic E-state index is -4.52. The van der Waals surface area contributed by atoms with Crippen LogP contribution in [0.4, 0.5) is 4.79 Å². The predicted octanol–water partition coefficient (Wildman–Crippen LogP) is 1.37. The fourth-order valence-corrected chi connectivity index (χ4v) is 4.15. The summed E-state index contributed by atoms with van der Waals surface area (Å²) in [5.74, 6) is -0.906. The first kappa shape index (κ1) is 19.9. The first-order valence-electron chi connectivity index (χ1n) is 7.97. The molecule has 25 heavy (non-hydrogen) atoms. The zero-order valence-electron chi connectivity index (χ0n) is 15.3. The van der Waals surface area contributed by atoms with E-state index in [4.69, 9.17) is 18.4 Å². The lowest BCUT2D eigenvalue weighted by molar-refractivity contribution is -0.178. The highest BCUT2D eigenvalue weighted by molar-refractivity contribution is 7.85. The van der Waals surface area contributed by atoms with Gasteiger partial charge in [-0.05, 0) is 41.5 Å². The van der Waals surface area contributed by atoms with Gasteiger partial charge in [-0.1, -0.05) is 0 Å². The molecule has 2 fully saturated rings. The monoisotopic (exact) mass is 379 g/mol. The maximum Gasteiger partial charge on any atom is 0.427 e. The molecule has 0 radical (unpaired) electrons. The van der Waals surface area contributed by atoms with Gasteiger partial charge < -0.3 is 14.2 Å². The van der Waals surface area contributed by atoms with Gasteiger partial charge in [0.05, 0.1) is 6.61 Å². The smallest absolute Gasteiger partial charge is 0.427 e. The Bertz CT molecular complexity index is 660. The number of ether oxygens (including phenoxy) is 3. The molecular weight excluding hydrogens is 354 g/mol. The van der Waals surface area contributed by atoms with E-state index < -0.39 is 45.2 Å². The fourth-order valence-electron chi connectivity index (χ4n) is 2.65. The fraction of sp³-hybridized carbons (Fsp3) is 0.867. The largest absolute Gasteiger partial charge is 0.458 e. The Balaban J connectivity index is 2.51. The topological polar surface area (TPSA) is 108 Å². The lowest BCUT2D eigenvalue weighted by Crippen LogP contribution is -2.65. The van der Waals surface area contributed by atoms with Gasteiger partial charge in [0, 0.05) is 13.0 Å². The van der Waals surface area contributed by atoms with Crippen molar-refractivity contribution in [2.24, 2.45) is 0 Å². The molecule has 0 spiro atoms. The van der Waals surface area contributed by atoms with Crippen LogP contribution in [0.1, 0.15) is 48.0 Å². The molecule has 2 atom stereocenters. The normalized spacial score (nSPS) is 29.0. The average Bonchev–Trinajstić information content (AvgIpc) is 2.61. The molecule has 2 saturated heterocycles. The average molecular weight is 379 g/mol. The Morgan fingerprint density at radius 3 is 2.16 bits per heavy atom. The molecule has 2 aliphatic heterocycles. The van der Waals surface area contributed by atoms with Crippen LogP contribution in [0.3, 0.4) is 0 Å². The van der Waals surface area contributed by atoms with Crippen molar-refractivity contribution in [3.05, 3.63) is 0 Å². The van der Waals surface area contributed by atoms with E-state index in [0.29, 0.717) is 4.31 Å². The second-order valence-corrected chi connectivity index (χ2v) is 9.47. The number of amides is 1. The summed E-state index contributed by atoms with van der Waals surface area (Å²) in [4.78, 5) is 25.5. The highest BCUT2D eigenvalue weighted by Gasteiger charge is 2.68. The second-order valence-electron chi connectivity index (χ2n) is 8.05. The number of nitrogens with zero attached hydrogens (tertiary/aromatic N) is 1. The first-order chi connectivity index (χ1) is 11.2. The molecule has 0 N–H and O–H groups in total. The number of fused-ring (bicyclic) bond motifs is 1. The van der Waals surface area contributed by atoms with Gasteiger partial charge in [-0.25, -0.2) is 13.8 Å². The van der Waals surface area contributed by atoms with E-state index in [1.54, 1.807) is 41.5 Å². The van der Waals surface area contributed by atoms with E-state index >= 15 is 0 Å². The van der Waals surface area contributed by atoms with E-state index in [-0.39, 0.29) is 19.6 Å². The number of hydrogen-bond acceptors (Lipinski definition) is 8. The summed E-state index contributed by atoms with van der Waals surface area (Å²) in [5, 5.41) is 0. The molecule has 0 bridgehead atoms. The van der Waals surface area contributed by atoms with Crippen molar-refractivity contribution in [1.82, 2.24) is 4.31 Å². The molecule has 10 heteroatoms. The van der Waals surface area contributed by atoms with E-state index in [2.05, 4.69) is 0 Å². The molecule has 2 aliphatic rings. The third kappa shape index (κ3) is 3.90. The minimum absolute atomic E-state index is 0.123. The molecule has 9 nitrogen and oxygen atoms in total. The van der Waals surface area contributed by atoms with Crippen LogP contribution in [0, 0.1) is 0 Å².